The predicted molar refractivity (Wildman–Crippen MR) is 65.3 cm³/mol. The molecule has 0 aliphatic carbocycles. The van der Waals surface area contributed by atoms with E-state index in [-0.39, 0.29) is 29.3 Å². The Balaban J connectivity index is 2.52. The zero-order chi connectivity index (χ0) is 14.9. The lowest BCUT2D eigenvalue weighted by molar-refractivity contribution is -0.387. The Kier molecular flexibility index (Phi) is 3.60. The van der Waals surface area contributed by atoms with Gasteiger partial charge in [-0.25, -0.2) is 4.39 Å². The topological polar surface area (TPSA) is 73.3 Å². The van der Waals surface area contributed by atoms with Crippen molar-refractivity contribution < 1.29 is 22.9 Å². The lowest BCUT2D eigenvalue weighted by Gasteiger charge is -2.01. The van der Waals surface area contributed by atoms with Gasteiger partial charge < -0.3 is 4.42 Å². The van der Waals surface area contributed by atoms with Gasteiger partial charge in [0, 0.05) is 18.6 Å². The molecule has 0 N–H and O–H groups in total. The van der Waals surface area contributed by atoms with Crippen LogP contribution in [0.25, 0.3) is 11.3 Å². The lowest BCUT2D eigenvalue weighted by atomic mass is 10.1. The average Bonchev–Trinajstić information content (AvgIpc) is 2.86. The molecule has 2 rings (SSSR count). The third-order valence-corrected chi connectivity index (χ3v) is 2.70. The summed E-state index contributed by atoms with van der Waals surface area (Å²) in [4.78, 5) is 21.1. The second-order valence-electron chi connectivity index (χ2n) is 3.98. The van der Waals surface area contributed by atoms with E-state index in [1.807, 2.05) is 0 Å². The van der Waals surface area contributed by atoms with Crippen LogP contribution in [0.4, 0.5) is 14.5 Å². The van der Waals surface area contributed by atoms with Gasteiger partial charge in [0.2, 0.25) is 5.82 Å². The van der Waals surface area contributed by atoms with Gasteiger partial charge in [-0.1, -0.05) is 6.92 Å². The van der Waals surface area contributed by atoms with Crippen LogP contribution >= 0.6 is 0 Å². The zero-order valence-corrected chi connectivity index (χ0v) is 10.4. The molecule has 5 nitrogen and oxygen atoms in total. The van der Waals surface area contributed by atoms with E-state index in [2.05, 4.69) is 0 Å². The standard InChI is InChI=1S/C13H9F2NO4/c1-2-11(17)13-4-3-12(20-13)7-5-10(16(18)19)9(15)6-8(7)14/h3-6H,2H2,1H3. The number of rotatable bonds is 4. The third kappa shape index (κ3) is 2.42. The van der Waals surface area contributed by atoms with Crippen molar-refractivity contribution in [1.29, 1.82) is 0 Å². The van der Waals surface area contributed by atoms with E-state index in [0.29, 0.717) is 6.07 Å². The van der Waals surface area contributed by atoms with Gasteiger partial charge in [-0.05, 0) is 12.1 Å². The van der Waals surface area contributed by atoms with Crippen LogP contribution in [0, 0.1) is 21.7 Å². The molecule has 0 bridgehead atoms. The third-order valence-electron chi connectivity index (χ3n) is 2.70. The largest absolute Gasteiger partial charge is 0.453 e. The molecule has 0 radical (unpaired) electrons. The fraction of sp³-hybridized carbons (Fsp3) is 0.154. The fourth-order valence-electron chi connectivity index (χ4n) is 1.67. The number of carbonyl (C=O) groups excluding carboxylic acids is 1. The van der Waals surface area contributed by atoms with E-state index in [1.165, 1.54) is 12.1 Å². The number of halogens is 2. The van der Waals surface area contributed by atoms with Gasteiger partial charge in [0.15, 0.2) is 11.5 Å². The van der Waals surface area contributed by atoms with Crippen LogP contribution in [-0.2, 0) is 0 Å². The molecular weight excluding hydrogens is 272 g/mol. The summed E-state index contributed by atoms with van der Waals surface area (Å²) in [6, 6.07) is 3.81. The minimum absolute atomic E-state index is 0.0221. The molecule has 0 amide bonds. The van der Waals surface area contributed by atoms with Crippen LogP contribution in [0.2, 0.25) is 0 Å². The number of benzene rings is 1. The summed E-state index contributed by atoms with van der Waals surface area (Å²) in [6.07, 6.45) is 0.207. The van der Waals surface area contributed by atoms with Crippen LogP contribution in [0.3, 0.4) is 0 Å². The molecule has 0 saturated heterocycles. The Morgan fingerprint density at radius 1 is 1.30 bits per heavy atom. The molecule has 0 atom stereocenters. The number of nitro benzene ring substituents is 1. The molecule has 7 heteroatoms. The van der Waals surface area contributed by atoms with Gasteiger partial charge in [0.05, 0.1) is 10.5 Å². The molecule has 20 heavy (non-hydrogen) atoms. The molecule has 0 aliphatic heterocycles. The van der Waals surface area contributed by atoms with Crippen molar-refractivity contribution in [2.24, 2.45) is 0 Å². The molecule has 0 saturated carbocycles. The first-order chi connectivity index (χ1) is 9.43. The van der Waals surface area contributed by atoms with E-state index >= 15 is 0 Å². The summed E-state index contributed by atoms with van der Waals surface area (Å²) in [6.45, 7) is 1.63. The smallest absolute Gasteiger partial charge is 0.305 e. The van der Waals surface area contributed by atoms with Crippen molar-refractivity contribution in [1.82, 2.24) is 0 Å². The molecule has 0 spiro atoms. The summed E-state index contributed by atoms with van der Waals surface area (Å²) in [5.41, 5.74) is -1.13. The maximum atomic E-state index is 13.7. The highest BCUT2D eigenvalue weighted by Gasteiger charge is 2.21. The number of nitrogens with zero attached hydrogens (tertiary/aromatic N) is 1. The molecule has 0 fully saturated rings. The van der Waals surface area contributed by atoms with E-state index in [4.69, 9.17) is 4.42 Å². The Morgan fingerprint density at radius 2 is 2.00 bits per heavy atom. The quantitative estimate of drug-likeness (QED) is 0.486. The van der Waals surface area contributed by atoms with E-state index in [0.717, 1.165) is 6.07 Å². The average molecular weight is 281 g/mol. The fourth-order valence-corrected chi connectivity index (χ4v) is 1.67. The zero-order valence-electron chi connectivity index (χ0n) is 10.4. The first kappa shape index (κ1) is 13.9. The molecule has 1 aromatic carbocycles. The molecule has 1 heterocycles. The number of hydrogen-bond acceptors (Lipinski definition) is 4. The van der Waals surface area contributed by atoms with Gasteiger partial charge in [0.1, 0.15) is 11.6 Å². The number of furan rings is 1. The van der Waals surface area contributed by atoms with Gasteiger partial charge >= 0.3 is 5.69 Å². The molecule has 1 aromatic heterocycles. The monoisotopic (exact) mass is 281 g/mol. The second-order valence-corrected chi connectivity index (χ2v) is 3.98. The maximum Gasteiger partial charge on any atom is 0.305 e. The summed E-state index contributed by atoms with van der Waals surface area (Å²) in [5.74, 6) is -2.60. The van der Waals surface area contributed by atoms with Gasteiger partial charge in [-0.15, -0.1) is 0 Å². The van der Waals surface area contributed by atoms with Crippen molar-refractivity contribution in [2.75, 3.05) is 0 Å². The number of Topliss-reactive ketones (excluding diaryl/α,β-unsaturated/α-hetero) is 1. The highest BCUT2D eigenvalue weighted by molar-refractivity contribution is 5.93. The maximum absolute atomic E-state index is 13.7. The van der Waals surface area contributed by atoms with E-state index in [1.54, 1.807) is 6.92 Å². The van der Waals surface area contributed by atoms with Gasteiger partial charge in [-0.2, -0.15) is 4.39 Å². The summed E-state index contributed by atoms with van der Waals surface area (Å²) < 4.78 is 32.0. The summed E-state index contributed by atoms with van der Waals surface area (Å²) in [5, 5.41) is 10.6. The van der Waals surface area contributed by atoms with Crippen LogP contribution in [0.5, 0.6) is 0 Å². The summed E-state index contributed by atoms with van der Waals surface area (Å²) >= 11 is 0. The first-order valence-corrected chi connectivity index (χ1v) is 5.71. The number of nitro groups is 1. The Labute approximate surface area is 112 Å². The molecule has 2 aromatic rings. The predicted octanol–water partition coefficient (Wildman–Crippen LogP) is 3.73. The van der Waals surface area contributed by atoms with Crippen molar-refractivity contribution in [3.63, 3.8) is 0 Å². The molecule has 104 valence electrons. The second kappa shape index (κ2) is 5.20. The molecule has 0 aliphatic rings. The van der Waals surface area contributed by atoms with Crippen molar-refractivity contribution >= 4 is 11.5 Å². The highest BCUT2D eigenvalue weighted by Crippen LogP contribution is 2.30. The Morgan fingerprint density at radius 3 is 2.60 bits per heavy atom. The van der Waals surface area contributed by atoms with E-state index in [9.17, 15) is 23.7 Å². The Hall–Kier alpha value is -2.57. The number of hydrogen-bond donors (Lipinski definition) is 0. The number of carbonyl (C=O) groups is 1. The number of ketones is 1. The lowest BCUT2D eigenvalue weighted by Crippen LogP contribution is -1.96. The SMILES string of the molecule is CCC(=O)c1ccc(-c2cc([N+](=O)[O-])c(F)cc2F)o1. The highest BCUT2D eigenvalue weighted by atomic mass is 19.1. The molecule has 0 unspecified atom stereocenters. The van der Waals surface area contributed by atoms with Crippen molar-refractivity contribution in [2.45, 2.75) is 13.3 Å². The summed E-state index contributed by atoms with van der Waals surface area (Å²) in [7, 11) is 0. The van der Waals surface area contributed by atoms with Crippen LogP contribution < -0.4 is 0 Å². The van der Waals surface area contributed by atoms with E-state index < -0.39 is 22.2 Å². The van der Waals surface area contributed by atoms with Gasteiger partial charge in [0.25, 0.3) is 0 Å². The van der Waals surface area contributed by atoms with Crippen molar-refractivity contribution in [3.05, 3.63) is 51.8 Å². The minimum Gasteiger partial charge on any atom is -0.453 e. The van der Waals surface area contributed by atoms with Crippen LogP contribution in [0.15, 0.2) is 28.7 Å². The van der Waals surface area contributed by atoms with Gasteiger partial charge in [-0.3, -0.25) is 14.9 Å². The Bertz CT molecular complexity index is 694. The van der Waals surface area contributed by atoms with Crippen molar-refractivity contribution in [3.8, 4) is 11.3 Å². The molecular formula is C13H9F2NO4. The normalized spacial score (nSPS) is 10.6. The first-order valence-electron chi connectivity index (χ1n) is 5.71. The minimum atomic E-state index is -1.27. The van der Waals surface area contributed by atoms with Crippen LogP contribution in [0.1, 0.15) is 23.9 Å². The van der Waals surface area contributed by atoms with Crippen LogP contribution in [-0.4, -0.2) is 10.7 Å².